The molecule has 2 aromatic rings. The van der Waals surface area contributed by atoms with Crippen molar-refractivity contribution in [3.8, 4) is 0 Å². The number of nitrogens with one attached hydrogen (secondary N) is 1. The predicted octanol–water partition coefficient (Wildman–Crippen LogP) is 3.35. The van der Waals surface area contributed by atoms with Gasteiger partial charge in [-0.1, -0.05) is 12.1 Å². The van der Waals surface area contributed by atoms with Gasteiger partial charge in [0, 0.05) is 24.2 Å². The van der Waals surface area contributed by atoms with Gasteiger partial charge in [-0.3, -0.25) is 10.1 Å². The Hall–Kier alpha value is -1.76. The van der Waals surface area contributed by atoms with Crippen LogP contribution in [-0.4, -0.2) is 16.6 Å². The molecular weight excluding hydrogens is 288 g/mol. The summed E-state index contributed by atoms with van der Waals surface area (Å²) in [5.74, 6) is 0. The number of aliphatic hydroxyl groups excluding tert-OH is 1. The highest BCUT2D eigenvalue weighted by molar-refractivity contribution is 7.07. The lowest BCUT2D eigenvalue weighted by molar-refractivity contribution is -0.385. The van der Waals surface area contributed by atoms with Crippen LogP contribution < -0.4 is 5.32 Å². The molecule has 0 aliphatic carbocycles. The molecule has 2 atom stereocenters. The third-order valence-corrected chi connectivity index (χ3v) is 4.18. The van der Waals surface area contributed by atoms with Crippen LogP contribution in [0.5, 0.6) is 0 Å². The normalized spacial score (nSPS) is 13.9. The number of nitrogens with zero attached hydrogens (tertiary/aromatic N) is 1. The summed E-state index contributed by atoms with van der Waals surface area (Å²) in [6.45, 7) is 4.05. The van der Waals surface area contributed by atoms with E-state index in [4.69, 9.17) is 0 Å². The first-order chi connectivity index (χ1) is 9.99. The second-order valence-corrected chi connectivity index (χ2v) is 5.79. The van der Waals surface area contributed by atoms with Crippen molar-refractivity contribution in [3.05, 3.63) is 61.8 Å². The van der Waals surface area contributed by atoms with Crippen molar-refractivity contribution >= 4 is 17.0 Å². The van der Waals surface area contributed by atoms with E-state index in [-0.39, 0.29) is 16.7 Å². The van der Waals surface area contributed by atoms with Gasteiger partial charge < -0.3 is 10.4 Å². The molecule has 0 amide bonds. The summed E-state index contributed by atoms with van der Waals surface area (Å²) in [6.07, 6.45) is -0.570. The predicted molar refractivity (Wildman–Crippen MR) is 83.5 cm³/mol. The number of hydrogen-bond acceptors (Lipinski definition) is 5. The fourth-order valence-electron chi connectivity index (χ4n) is 2.08. The number of nitro groups is 1. The van der Waals surface area contributed by atoms with E-state index in [1.807, 2.05) is 29.8 Å². The standard InChI is InChI=1S/C15H18N2O3S/c1-10-3-4-12(7-14(10)17(19)20)11(2)16-8-15(18)13-5-6-21-9-13/h3-7,9,11,15-16,18H,8H2,1-2H3/t11-,15+/m0/s1. The maximum absolute atomic E-state index is 11.0. The van der Waals surface area contributed by atoms with Crippen molar-refractivity contribution < 1.29 is 10.0 Å². The summed E-state index contributed by atoms with van der Waals surface area (Å²) >= 11 is 1.54. The number of thiophene rings is 1. The van der Waals surface area contributed by atoms with Crippen molar-refractivity contribution in [2.45, 2.75) is 26.0 Å². The van der Waals surface area contributed by atoms with Crippen molar-refractivity contribution in [1.82, 2.24) is 5.32 Å². The maximum Gasteiger partial charge on any atom is 0.272 e. The molecule has 0 saturated heterocycles. The molecule has 5 nitrogen and oxygen atoms in total. The molecule has 0 bridgehead atoms. The van der Waals surface area contributed by atoms with Crippen LogP contribution >= 0.6 is 11.3 Å². The molecule has 6 heteroatoms. The van der Waals surface area contributed by atoms with E-state index in [9.17, 15) is 15.2 Å². The smallest absolute Gasteiger partial charge is 0.272 e. The van der Waals surface area contributed by atoms with Crippen molar-refractivity contribution in [2.75, 3.05) is 6.54 Å². The fourth-order valence-corrected chi connectivity index (χ4v) is 2.79. The first kappa shape index (κ1) is 15.6. The zero-order chi connectivity index (χ0) is 15.4. The van der Waals surface area contributed by atoms with Crippen molar-refractivity contribution in [1.29, 1.82) is 0 Å². The highest BCUT2D eigenvalue weighted by atomic mass is 32.1. The Morgan fingerprint density at radius 2 is 2.14 bits per heavy atom. The molecule has 0 aliphatic heterocycles. The van der Waals surface area contributed by atoms with E-state index < -0.39 is 6.10 Å². The van der Waals surface area contributed by atoms with E-state index in [0.29, 0.717) is 12.1 Å². The first-order valence-corrected chi connectivity index (χ1v) is 7.62. The molecule has 0 aliphatic rings. The second kappa shape index (κ2) is 6.80. The molecule has 21 heavy (non-hydrogen) atoms. The van der Waals surface area contributed by atoms with Gasteiger partial charge in [-0.25, -0.2) is 0 Å². The Morgan fingerprint density at radius 3 is 2.76 bits per heavy atom. The summed E-state index contributed by atoms with van der Waals surface area (Å²) in [6, 6.07) is 7.03. The molecular formula is C15H18N2O3S. The summed E-state index contributed by atoms with van der Waals surface area (Å²) in [5.41, 5.74) is 2.49. The van der Waals surface area contributed by atoms with Gasteiger partial charge in [0.15, 0.2) is 0 Å². The number of aliphatic hydroxyl groups is 1. The van der Waals surface area contributed by atoms with Crippen molar-refractivity contribution in [2.24, 2.45) is 0 Å². The van der Waals surface area contributed by atoms with Crippen LogP contribution in [0.15, 0.2) is 35.0 Å². The van der Waals surface area contributed by atoms with Gasteiger partial charge in [-0.2, -0.15) is 11.3 Å². The highest BCUT2D eigenvalue weighted by Gasteiger charge is 2.15. The highest BCUT2D eigenvalue weighted by Crippen LogP contribution is 2.24. The van der Waals surface area contributed by atoms with Crippen LogP contribution in [-0.2, 0) is 0 Å². The molecule has 1 heterocycles. The summed E-state index contributed by atoms with van der Waals surface area (Å²) in [4.78, 5) is 10.6. The van der Waals surface area contributed by atoms with E-state index in [2.05, 4.69) is 5.32 Å². The van der Waals surface area contributed by atoms with Crippen LogP contribution in [0.3, 0.4) is 0 Å². The van der Waals surface area contributed by atoms with Gasteiger partial charge in [0.05, 0.1) is 11.0 Å². The Kier molecular flexibility index (Phi) is 5.06. The summed E-state index contributed by atoms with van der Waals surface area (Å²) < 4.78 is 0. The zero-order valence-electron chi connectivity index (χ0n) is 11.9. The largest absolute Gasteiger partial charge is 0.387 e. The molecule has 1 aromatic heterocycles. The molecule has 0 fully saturated rings. The Bertz CT molecular complexity index is 613. The van der Waals surface area contributed by atoms with Crippen LogP contribution in [0.1, 0.15) is 35.8 Å². The molecule has 2 N–H and O–H groups in total. The van der Waals surface area contributed by atoms with Gasteiger partial charge in [0.25, 0.3) is 5.69 Å². The molecule has 0 saturated carbocycles. The molecule has 0 spiro atoms. The lowest BCUT2D eigenvalue weighted by atomic mass is 10.0. The third-order valence-electron chi connectivity index (χ3n) is 3.48. The number of nitro benzene ring substituents is 1. The number of hydrogen-bond donors (Lipinski definition) is 2. The first-order valence-electron chi connectivity index (χ1n) is 6.67. The topological polar surface area (TPSA) is 75.4 Å². The van der Waals surface area contributed by atoms with E-state index >= 15 is 0 Å². The van der Waals surface area contributed by atoms with E-state index in [0.717, 1.165) is 11.1 Å². The van der Waals surface area contributed by atoms with Gasteiger partial charge in [-0.15, -0.1) is 0 Å². The number of benzene rings is 1. The van der Waals surface area contributed by atoms with Gasteiger partial charge in [-0.05, 0) is 41.8 Å². The minimum Gasteiger partial charge on any atom is -0.387 e. The van der Waals surface area contributed by atoms with Crippen LogP contribution in [0.25, 0.3) is 0 Å². The Balaban J connectivity index is 2.02. The number of rotatable bonds is 6. The van der Waals surface area contributed by atoms with Crippen LogP contribution in [0.4, 0.5) is 5.69 Å². The zero-order valence-corrected chi connectivity index (χ0v) is 12.8. The van der Waals surface area contributed by atoms with E-state index in [1.165, 1.54) is 0 Å². The molecule has 0 radical (unpaired) electrons. The second-order valence-electron chi connectivity index (χ2n) is 5.01. The SMILES string of the molecule is Cc1ccc([C@H](C)NC[C@@H](O)c2ccsc2)cc1[N+](=O)[O-]. The number of aryl methyl sites for hydroxylation is 1. The van der Waals surface area contributed by atoms with Crippen LogP contribution in [0, 0.1) is 17.0 Å². The van der Waals surface area contributed by atoms with E-state index in [1.54, 1.807) is 30.4 Å². The third kappa shape index (κ3) is 3.87. The van der Waals surface area contributed by atoms with Gasteiger partial charge >= 0.3 is 0 Å². The maximum atomic E-state index is 11.0. The van der Waals surface area contributed by atoms with Gasteiger partial charge in [0.2, 0.25) is 0 Å². The molecule has 112 valence electrons. The lowest BCUT2D eigenvalue weighted by Crippen LogP contribution is -2.24. The fraction of sp³-hybridized carbons (Fsp3) is 0.333. The Labute approximate surface area is 127 Å². The molecule has 1 aromatic carbocycles. The van der Waals surface area contributed by atoms with Gasteiger partial charge in [0.1, 0.15) is 0 Å². The monoisotopic (exact) mass is 306 g/mol. The average molecular weight is 306 g/mol. The van der Waals surface area contributed by atoms with Crippen molar-refractivity contribution in [3.63, 3.8) is 0 Å². The average Bonchev–Trinajstić information content (AvgIpc) is 2.98. The molecule has 2 rings (SSSR count). The van der Waals surface area contributed by atoms with Crippen LogP contribution in [0.2, 0.25) is 0 Å². The molecule has 0 unspecified atom stereocenters. The quantitative estimate of drug-likeness (QED) is 0.634. The summed E-state index contributed by atoms with van der Waals surface area (Å²) in [5, 5.41) is 28.0. The minimum absolute atomic E-state index is 0.0717. The lowest BCUT2D eigenvalue weighted by Gasteiger charge is -2.17. The summed E-state index contributed by atoms with van der Waals surface area (Å²) in [7, 11) is 0. The minimum atomic E-state index is -0.570. The Morgan fingerprint density at radius 1 is 1.38 bits per heavy atom.